The molecule has 92 valence electrons. The molecular formula is C12H28O2Si. The highest BCUT2D eigenvalue weighted by molar-refractivity contribution is 6.73. The zero-order chi connectivity index (χ0) is 11.9. The Morgan fingerprint density at radius 2 is 1.53 bits per heavy atom. The summed E-state index contributed by atoms with van der Waals surface area (Å²) in [6, 6.07) is 3.48. The van der Waals surface area contributed by atoms with Gasteiger partial charge in [-0.1, -0.05) is 34.6 Å². The lowest BCUT2D eigenvalue weighted by Gasteiger charge is -2.33. The highest BCUT2D eigenvalue weighted by Crippen LogP contribution is 2.25. The molecule has 0 aromatic carbocycles. The second kappa shape index (κ2) is 7.42. The normalized spacial score (nSPS) is 14.6. The molecule has 0 radical (unpaired) electrons. The van der Waals surface area contributed by atoms with Crippen LogP contribution >= 0.6 is 0 Å². The first kappa shape index (κ1) is 15.1. The van der Waals surface area contributed by atoms with Crippen molar-refractivity contribution >= 4 is 8.32 Å². The third-order valence-corrected chi connectivity index (χ3v) is 7.99. The van der Waals surface area contributed by atoms with Crippen LogP contribution in [0, 0.1) is 5.92 Å². The third-order valence-electron chi connectivity index (χ3n) is 3.29. The smallest absolute Gasteiger partial charge is 0.192 e. The summed E-state index contributed by atoms with van der Waals surface area (Å²) in [6.45, 7) is 11.2. The molecule has 0 aliphatic rings. The summed E-state index contributed by atoms with van der Waals surface area (Å²) >= 11 is 0. The van der Waals surface area contributed by atoms with E-state index in [1.165, 1.54) is 0 Å². The molecule has 0 amide bonds. The van der Waals surface area contributed by atoms with Gasteiger partial charge in [0, 0.05) is 0 Å². The van der Waals surface area contributed by atoms with Crippen molar-refractivity contribution in [1.29, 1.82) is 0 Å². The van der Waals surface area contributed by atoms with Crippen LogP contribution in [0.2, 0.25) is 18.1 Å². The number of hydrogen-bond acceptors (Lipinski definition) is 2. The second-order valence-corrected chi connectivity index (χ2v) is 9.52. The fraction of sp³-hybridized carbons (Fsp3) is 1.00. The molecule has 0 saturated heterocycles. The minimum Gasteiger partial charge on any atom is -0.412 e. The molecule has 0 bridgehead atoms. The Kier molecular flexibility index (Phi) is 7.48. The summed E-state index contributed by atoms with van der Waals surface area (Å²) in [5.41, 5.74) is 0. The average molecular weight is 232 g/mol. The van der Waals surface area contributed by atoms with E-state index in [4.69, 9.17) is 4.43 Å². The van der Waals surface area contributed by atoms with Gasteiger partial charge in [-0.05, 0) is 30.5 Å². The molecule has 0 aromatic rings. The highest BCUT2D eigenvalue weighted by Gasteiger charge is 2.31. The second-order valence-electron chi connectivity index (χ2n) is 4.80. The molecule has 2 nitrogen and oxygen atoms in total. The molecule has 0 aliphatic heterocycles. The molecule has 0 fully saturated rings. The number of aliphatic hydroxyl groups is 1. The molecule has 0 aromatic heterocycles. The van der Waals surface area contributed by atoms with Crippen LogP contribution in [0.15, 0.2) is 0 Å². The summed E-state index contributed by atoms with van der Waals surface area (Å²) in [4.78, 5) is 0. The Hall–Kier alpha value is 0.137. The number of aliphatic hydroxyl groups excluding tert-OH is 1. The lowest BCUT2D eigenvalue weighted by molar-refractivity contribution is 0.0886. The Morgan fingerprint density at radius 1 is 1.07 bits per heavy atom. The maximum absolute atomic E-state index is 9.32. The minimum absolute atomic E-state index is 0.0662. The van der Waals surface area contributed by atoms with Crippen molar-refractivity contribution < 1.29 is 9.53 Å². The summed E-state index contributed by atoms with van der Waals surface area (Å²) in [5.74, 6) is 0.597. The van der Waals surface area contributed by atoms with Gasteiger partial charge in [0.25, 0.3) is 0 Å². The first-order chi connectivity index (χ1) is 7.03. The maximum Gasteiger partial charge on any atom is 0.192 e. The fourth-order valence-corrected chi connectivity index (χ4v) is 4.92. The van der Waals surface area contributed by atoms with E-state index in [-0.39, 0.29) is 12.7 Å². The fourth-order valence-electron chi connectivity index (χ4n) is 2.04. The molecule has 1 atom stereocenters. The lowest BCUT2D eigenvalue weighted by Crippen LogP contribution is -2.41. The van der Waals surface area contributed by atoms with E-state index in [0.717, 1.165) is 24.6 Å². The number of hydrogen-bond donors (Lipinski definition) is 1. The molecule has 0 spiro atoms. The summed E-state index contributed by atoms with van der Waals surface area (Å²) in [7, 11) is -1.53. The van der Waals surface area contributed by atoms with Crippen LogP contribution in [0.5, 0.6) is 0 Å². The van der Waals surface area contributed by atoms with Crippen LogP contribution in [0.3, 0.4) is 0 Å². The lowest BCUT2D eigenvalue weighted by atomic mass is 10.1. The van der Waals surface area contributed by atoms with Crippen molar-refractivity contribution in [3.8, 4) is 0 Å². The van der Waals surface area contributed by atoms with Crippen molar-refractivity contribution in [1.82, 2.24) is 0 Å². The van der Waals surface area contributed by atoms with Gasteiger partial charge in [-0.2, -0.15) is 0 Å². The van der Waals surface area contributed by atoms with E-state index in [2.05, 4.69) is 34.6 Å². The highest BCUT2D eigenvalue weighted by atomic mass is 28.4. The van der Waals surface area contributed by atoms with E-state index in [1.54, 1.807) is 0 Å². The monoisotopic (exact) mass is 232 g/mol. The van der Waals surface area contributed by atoms with E-state index < -0.39 is 8.32 Å². The van der Waals surface area contributed by atoms with Crippen molar-refractivity contribution in [3.05, 3.63) is 0 Å². The predicted octanol–water partition coefficient (Wildman–Crippen LogP) is 3.42. The first-order valence-electron chi connectivity index (χ1n) is 6.32. The molecule has 1 N–H and O–H groups in total. The van der Waals surface area contributed by atoms with Crippen LogP contribution in [-0.4, -0.2) is 26.1 Å². The van der Waals surface area contributed by atoms with Gasteiger partial charge in [0.1, 0.15) is 0 Å². The van der Waals surface area contributed by atoms with Gasteiger partial charge in [0.05, 0.1) is 12.7 Å². The van der Waals surface area contributed by atoms with Crippen molar-refractivity contribution in [3.63, 3.8) is 0 Å². The van der Waals surface area contributed by atoms with Gasteiger partial charge < -0.3 is 9.53 Å². The van der Waals surface area contributed by atoms with E-state index >= 15 is 0 Å². The van der Waals surface area contributed by atoms with Crippen LogP contribution in [0.25, 0.3) is 0 Å². The predicted molar refractivity (Wildman–Crippen MR) is 68.6 cm³/mol. The van der Waals surface area contributed by atoms with Crippen molar-refractivity contribution in [2.75, 3.05) is 6.61 Å². The van der Waals surface area contributed by atoms with Crippen LogP contribution in [-0.2, 0) is 4.43 Å². The average Bonchev–Trinajstić information content (AvgIpc) is 2.24. The molecule has 15 heavy (non-hydrogen) atoms. The van der Waals surface area contributed by atoms with Gasteiger partial charge in [-0.3, -0.25) is 0 Å². The zero-order valence-corrected chi connectivity index (χ0v) is 12.0. The van der Waals surface area contributed by atoms with E-state index in [9.17, 15) is 5.11 Å². The molecule has 0 saturated carbocycles. The van der Waals surface area contributed by atoms with Crippen LogP contribution < -0.4 is 0 Å². The minimum atomic E-state index is -1.53. The molecule has 0 aliphatic carbocycles. The molecule has 0 heterocycles. The third kappa shape index (κ3) is 5.14. The standard InChI is InChI=1S/C12H28O2Si/c1-6-15(7-2,8-3)14-12(10-13)9-11(4)5/h11-13H,6-10H2,1-5H3/t12-/m0/s1. The summed E-state index contributed by atoms with van der Waals surface area (Å²) in [6.07, 6.45) is 1.04. The van der Waals surface area contributed by atoms with E-state index in [0.29, 0.717) is 5.92 Å². The maximum atomic E-state index is 9.32. The van der Waals surface area contributed by atoms with Gasteiger partial charge in [0.2, 0.25) is 0 Å². The molecule has 3 heteroatoms. The van der Waals surface area contributed by atoms with Crippen LogP contribution in [0.4, 0.5) is 0 Å². The Balaban J connectivity index is 4.34. The Labute approximate surface area is 96.2 Å². The summed E-state index contributed by atoms with van der Waals surface area (Å²) < 4.78 is 6.23. The van der Waals surface area contributed by atoms with Gasteiger partial charge >= 0.3 is 0 Å². The Bertz CT molecular complexity index is 147. The largest absolute Gasteiger partial charge is 0.412 e. The van der Waals surface area contributed by atoms with Crippen molar-refractivity contribution in [2.24, 2.45) is 5.92 Å². The topological polar surface area (TPSA) is 29.5 Å². The van der Waals surface area contributed by atoms with Gasteiger partial charge in [-0.25, -0.2) is 0 Å². The first-order valence-corrected chi connectivity index (χ1v) is 8.85. The summed E-state index contributed by atoms with van der Waals surface area (Å²) in [5, 5.41) is 9.32. The number of rotatable bonds is 8. The SMILES string of the molecule is CC[Si](CC)(CC)O[C@H](CO)CC(C)C. The molecule has 0 unspecified atom stereocenters. The van der Waals surface area contributed by atoms with E-state index in [1.807, 2.05) is 0 Å². The van der Waals surface area contributed by atoms with Crippen molar-refractivity contribution in [2.45, 2.75) is 65.3 Å². The Morgan fingerprint density at radius 3 is 1.80 bits per heavy atom. The van der Waals surface area contributed by atoms with Crippen LogP contribution in [0.1, 0.15) is 41.0 Å². The zero-order valence-electron chi connectivity index (χ0n) is 11.0. The molecule has 0 rings (SSSR count). The van der Waals surface area contributed by atoms with Gasteiger partial charge in [-0.15, -0.1) is 0 Å². The quantitative estimate of drug-likeness (QED) is 0.650. The molecular weight excluding hydrogens is 204 g/mol. The van der Waals surface area contributed by atoms with Gasteiger partial charge in [0.15, 0.2) is 8.32 Å².